The average Bonchev–Trinajstić information content (AvgIpc) is 2.46. The number of benzene rings is 1. The Morgan fingerprint density at radius 3 is 2.38 bits per heavy atom. The van der Waals surface area contributed by atoms with Crippen molar-refractivity contribution < 1.29 is 0 Å². The number of hydrogen-bond acceptors (Lipinski definition) is 2. The van der Waals surface area contributed by atoms with Crippen molar-refractivity contribution in [1.29, 1.82) is 0 Å². The van der Waals surface area contributed by atoms with E-state index in [4.69, 9.17) is 0 Å². The van der Waals surface area contributed by atoms with Crippen molar-refractivity contribution in [2.45, 2.75) is 66.5 Å². The minimum absolute atomic E-state index is 0.424. The molecule has 0 saturated carbocycles. The molecule has 2 heteroatoms. The van der Waals surface area contributed by atoms with E-state index in [2.05, 4.69) is 70.0 Å². The zero-order valence-corrected chi connectivity index (χ0v) is 14.9. The van der Waals surface area contributed by atoms with Crippen LogP contribution >= 0.6 is 0 Å². The van der Waals surface area contributed by atoms with Gasteiger partial charge in [0.1, 0.15) is 0 Å². The molecule has 0 heterocycles. The average molecular weight is 290 g/mol. The maximum atomic E-state index is 3.76. The fourth-order valence-electron chi connectivity index (χ4n) is 2.99. The van der Waals surface area contributed by atoms with Crippen LogP contribution in [0.3, 0.4) is 0 Å². The van der Waals surface area contributed by atoms with E-state index in [1.54, 1.807) is 0 Å². The standard InChI is InChI=1S/C19H34N2/c1-7-21(8-2)13-9-10-17(5)20-18(6)19-14-15(3)11-12-16(19)4/h11-12,14,17-18,20H,7-10,13H2,1-6H3. The second-order valence-electron chi connectivity index (χ2n) is 6.32. The lowest BCUT2D eigenvalue weighted by Crippen LogP contribution is -2.31. The molecule has 1 aromatic rings. The monoisotopic (exact) mass is 290 g/mol. The van der Waals surface area contributed by atoms with Gasteiger partial charge in [-0.1, -0.05) is 37.6 Å². The molecule has 0 saturated heterocycles. The van der Waals surface area contributed by atoms with E-state index < -0.39 is 0 Å². The zero-order chi connectivity index (χ0) is 15.8. The predicted octanol–water partition coefficient (Wildman–Crippen LogP) is 4.46. The van der Waals surface area contributed by atoms with E-state index in [0.717, 1.165) is 13.1 Å². The topological polar surface area (TPSA) is 15.3 Å². The molecule has 0 aromatic heterocycles. The summed E-state index contributed by atoms with van der Waals surface area (Å²) < 4.78 is 0. The molecule has 0 spiro atoms. The number of rotatable bonds is 9. The van der Waals surface area contributed by atoms with Crippen molar-refractivity contribution in [3.8, 4) is 0 Å². The van der Waals surface area contributed by atoms with E-state index in [9.17, 15) is 0 Å². The lowest BCUT2D eigenvalue weighted by atomic mass is 9.99. The summed E-state index contributed by atoms with van der Waals surface area (Å²) in [6.45, 7) is 17.0. The third-order valence-electron chi connectivity index (χ3n) is 4.44. The van der Waals surface area contributed by atoms with Crippen LogP contribution in [0.2, 0.25) is 0 Å². The largest absolute Gasteiger partial charge is 0.308 e. The van der Waals surface area contributed by atoms with Gasteiger partial charge in [0.05, 0.1) is 0 Å². The van der Waals surface area contributed by atoms with Crippen LogP contribution in [0, 0.1) is 13.8 Å². The van der Waals surface area contributed by atoms with Gasteiger partial charge in [0.25, 0.3) is 0 Å². The van der Waals surface area contributed by atoms with Crippen LogP contribution in [-0.4, -0.2) is 30.6 Å². The van der Waals surface area contributed by atoms with Crippen LogP contribution in [0.1, 0.15) is 63.3 Å². The van der Waals surface area contributed by atoms with Gasteiger partial charge in [0.15, 0.2) is 0 Å². The quantitative estimate of drug-likeness (QED) is 0.722. The van der Waals surface area contributed by atoms with Crippen LogP contribution < -0.4 is 5.32 Å². The third kappa shape index (κ3) is 6.19. The molecular formula is C19H34N2. The Bertz CT molecular complexity index is 410. The smallest absolute Gasteiger partial charge is 0.0296 e. The molecule has 0 aliphatic heterocycles. The fraction of sp³-hybridized carbons (Fsp3) is 0.684. The Labute approximate surface area is 131 Å². The van der Waals surface area contributed by atoms with Crippen molar-refractivity contribution in [1.82, 2.24) is 10.2 Å². The highest BCUT2D eigenvalue weighted by Crippen LogP contribution is 2.19. The molecule has 0 aliphatic carbocycles. The number of aryl methyl sites for hydroxylation is 2. The Balaban J connectivity index is 2.43. The maximum absolute atomic E-state index is 3.76. The van der Waals surface area contributed by atoms with Crippen molar-refractivity contribution in [3.63, 3.8) is 0 Å². The Morgan fingerprint density at radius 2 is 1.76 bits per heavy atom. The lowest BCUT2D eigenvalue weighted by molar-refractivity contribution is 0.288. The first kappa shape index (κ1) is 18.2. The molecule has 0 radical (unpaired) electrons. The van der Waals surface area contributed by atoms with Gasteiger partial charge in [-0.2, -0.15) is 0 Å². The van der Waals surface area contributed by atoms with E-state index in [1.165, 1.54) is 36.1 Å². The Kier molecular flexibility index (Phi) is 7.98. The summed E-state index contributed by atoms with van der Waals surface area (Å²) in [5.41, 5.74) is 4.17. The van der Waals surface area contributed by atoms with Gasteiger partial charge in [-0.25, -0.2) is 0 Å². The molecule has 1 N–H and O–H groups in total. The van der Waals surface area contributed by atoms with Gasteiger partial charge < -0.3 is 10.2 Å². The van der Waals surface area contributed by atoms with Crippen molar-refractivity contribution >= 4 is 0 Å². The first-order chi connectivity index (χ1) is 9.97. The molecule has 2 unspecified atom stereocenters. The van der Waals surface area contributed by atoms with Crippen molar-refractivity contribution in [2.75, 3.05) is 19.6 Å². The highest BCUT2D eigenvalue weighted by Gasteiger charge is 2.12. The van der Waals surface area contributed by atoms with E-state index in [-0.39, 0.29) is 0 Å². The lowest BCUT2D eigenvalue weighted by Gasteiger charge is -2.23. The summed E-state index contributed by atoms with van der Waals surface area (Å²) in [6, 6.07) is 7.73. The Hall–Kier alpha value is -0.860. The van der Waals surface area contributed by atoms with Crippen LogP contribution in [0.5, 0.6) is 0 Å². The summed E-state index contributed by atoms with van der Waals surface area (Å²) in [5.74, 6) is 0. The van der Waals surface area contributed by atoms with Gasteiger partial charge in [0.2, 0.25) is 0 Å². The van der Waals surface area contributed by atoms with Gasteiger partial charge in [-0.05, 0) is 71.3 Å². The maximum Gasteiger partial charge on any atom is 0.0296 e. The molecular weight excluding hydrogens is 256 g/mol. The van der Waals surface area contributed by atoms with Crippen LogP contribution in [-0.2, 0) is 0 Å². The highest BCUT2D eigenvalue weighted by molar-refractivity contribution is 5.32. The first-order valence-electron chi connectivity index (χ1n) is 8.53. The normalized spacial score (nSPS) is 14.4. The van der Waals surface area contributed by atoms with E-state index in [0.29, 0.717) is 12.1 Å². The van der Waals surface area contributed by atoms with Gasteiger partial charge in [0, 0.05) is 12.1 Å². The number of hydrogen-bond donors (Lipinski definition) is 1. The van der Waals surface area contributed by atoms with Crippen LogP contribution in [0.4, 0.5) is 0 Å². The number of nitrogens with zero attached hydrogens (tertiary/aromatic N) is 1. The van der Waals surface area contributed by atoms with Crippen molar-refractivity contribution in [2.24, 2.45) is 0 Å². The molecule has 2 nitrogen and oxygen atoms in total. The second kappa shape index (κ2) is 9.22. The molecule has 1 rings (SSSR count). The van der Waals surface area contributed by atoms with E-state index in [1.807, 2.05) is 0 Å². The van der Waals surface area contributed by atoms with Gasteiger partial charge >= 0.3 is 0 Å². The molecule has 1 aromatic carbocycles. The van der Waals surface area contributed by atoms with E-state index >= 15 is 0 Å². The molecule has 120 valence electrons. The number of nitrogens with one attached hydrogen (secondary N) is 1. The molecule has 2 atom stereocenters. The molecule has 0 amide bonds. The van der Waals surface area contributed by atoms with Gasteiger partial charge in [-0.15, -0.1) is 0 Å². The minimum Gasteiger partial charge on any atom is -0.308 e. The summed E-state index contributed by atoms with van der Waals surface area (Å²) in [5, 5.41) is 3.76. The zero-order valence-electron chi connectivity index (χ0n) is 14.9. The summed E-state index contributed by atoms with van der Waals surface area (Å²) >= 11 is 0. The summed E-state index contributed by atoms with van der Waals surface area (Å²) in [6.07, 6.45) is 2.51. The van der Waals surface area contributed by atoms with Gasteiger partial charge in [-0.3, -0.25) is 0 Å². The molecule has 21 heavy (non-hydrogen) atoms. The Morgan fingerprint density at radius 1 is 1.10 bits per heavy atom. The molecule has 0 aliphatic rings. The second-order valence-corrected chi connectivity index (χ2v) is 6.32. The van der Waals surface area contributed by atoms with Crippen LogP contribution in [0.15, 0.2) is 18.2 Å². The summed E-state index contributed by atoms with van der Waals surface area (Å²) in [4.78, 5) is 2.50. The summed E-state index contributed by atoms with van der Waals surface area (Å²) in [7, 11) is 0. The fourth-order valence-corrected chi connectivity index (χ4v) is 2.99. The predicted molar refractivity (Wildman–Crippen MR) is 94.0 cm³/mol. The SMILES string of the molecule is CCN(CC)CCCC(C)NC(C)c1cc(C)ccc1C. The van der Waals surface area contributed by atoms with Crippen LogP contribution in [0.25, 0.3) is 0 Å². The molecule has 0 fully saturated rings. The molecule has 0 bridgehead atoms. The third-order valence-corrected chi connectivity index (χ3v) is 4.44. The first-order valence-corrected chi connectivity index (χ1v) is 8.53. The highest BCUT2D eigenvalue weighted by atomic mass is 15.1. The van der Waals surface area contributed by atoms with Crippen molar-refractivity contribution in [3.05, 3.63) is 34.9 Å². The minimum atomic E-state index is 0.424.